The maximum absolute atomic E-state index is 12.2. The van der Waals surface area contributed by atoms with E-state index in [2.05, 4.69) is 37.4 Å². The summed E-state index contributed by atoms with van der Waals surface area (Å²) in [7, 11) is 1.91. The molecule has 1 amide bonds. The Hall–Kier alpha value is -1.61. The van der Waals surface area contributed by atoms with Crippen molar-refractivity contribution < 1.29 is 4.79 Å². The maximum Gasteiger partial charge on any atom is 0.246 e. The molecule has 1 fully saturated rings. The van der Waals surface area contributed by atoms with Crippen molar-refractivity contribution in [1.82, 2.24) is 10.2 Å². The Kier molecular flexibility index (Phi) is 4.96. The summed E-state index contributed by atoms with van der Waals surface area (Å²) in [4.78, 5) is 14.1. The van der Waals surface area contributed by atoms with Gasteiger partial charge in [0.1, 0.15) is 0 Å². The molecule has 3 nitrogen and oxygen atoms in total. The first-order valence-corrected chi connectivity index (χ1v) is 7.31. The Morgan fingerprint density at radius 2 is 2.00 bits per heavy atom. The summed E-state index contributed by atoms with van der Waals surface area (Å²) in [5, 5.41) is 3.32. The lowest BCUT2D eigenvalue weighted by molar-refractivity contribution is -0.127. The number of nitrogens with zero attached hydrogens (tertiary/aromatic N) is 1. The Morgan fingerprint density at radius 1 is 1.30 bits per heavy atom. The third-order valence-corrected chi connectivity index (χ3v) is 4.03. The van der Waals surface area contributed by atoms with Gasteiger partial charge in [-0.2, -0.15) is 0 Å². The lowest BCUT2D eigenvalue weighted by Gasteiger charge is -2.30. The highest BCUT2D eigenvalue weighted by Gasteiger charge is 2.20. The van der Waals surface area contributed by atoms with Crippen LogP contribution in [0, 0.1) is 13.8 Å². The molecule has 0 radical (unpaired) electrons. The zero-order valence-corrected chi connectivity index (χ0v) is 12.6. The van der Waals surface area contributed by atoms with E-state index in [-0.39, 0.29) is 5.91 Å². The fourth-order valence-corrected chi connectivity index (χ4v) is 2.67. The van der Waals surface area contributed by atoms with Crippen LogP contribution in [-0.2, 0) is 4.79 Å². The highest BCUT2D eigenvalue weighted by molar-refractivity contribution is 5.92. The summed E-state index contributed by atoms with van der Waals surface area (Å²) in [5.41, 5.74) is 3.57. The quantitative estimate of drug-likeness (QED) is 0.858. The Balaban J connectivity index is 2.00. The van der Waals surface area contributed by atoms with Crippen molar-refractivity contribution in [2.45, 2.75) is 32.7 Å². The number of rotatable bonds is 3. The molecular formula is C17H24N2O. The monoisotopic (exact) mass is 272 g/mol. The number of aryl methyl sites for hydroxylation is 2. The molecule has 20 heavy (non-hydrogen) atoms. The van der Waals surface area contributed by atoms with Crippen molar-refractivity contribution in [2.24, 2.45) is 0 Å². The lowest BCUT2D eigenvalue weighted by atomic mass is 10.0. The van der Waals surface area contributed by atoms with Gasteiger partial charge in [0.15, 0.2) is 0 Å². The first kappa shape index (κ1) is 14.8. The highest BCUT2D eigenvalue weighted by atomic mass is 16.2. The van der Waals surface area contributed by atoms with Crippen LogP contribution in [0.15, 0.2) is 24.3 Å². The first-order valence-electron chi connectivity index (χ1n) is 7.31. The summed E-state index contributed by atoms with van der Waals surface area (Å²) in [5.74, 6) is 0.0943. The van der Waals surface area contributed by atoms with Crippen molar-refractivity contribution in [3.8, 4) is 0 Å². The smallest absolute Gasteiger partial charge is 0.246 e. The average molecular weight is 272 g/mol. The number of piperidine rings is 1. The predicted molar refractivity (Wildman–Crippen MR) is 83.6 cm³/mol. The van der Waals surface area contributed by atoms with Crippen LogP contribution in [0.2, 0.25) is 0 Å². The van der Waals surface area contributed by atoms with Gasteiger partial charge in [0.2, 0.25) is 5.91 Å². The second-order valence-corrected chi connectivity index (χ2v) is 5.62. The molecule has 0 bridgehead atoms. The number of hydrogen-bond donors (Lipinski definition) is 1. The lowest BCUT2D eigenvalue weighted by Crippen LogP contribution is -2.43. The summed E-state index contributed by atoms with van der Waals surface area (Å²) in [6.45, 7) is 6.16. The molecule has 0 atom stereocenters. The van der Waals surface area contributed by atoms with Crippen LogP contribution < -0.4 is 5.32 Å². The first-order chi connectivity index (χ1) is 9.58. The molecule has 1 aromatic rings. The van der Waals surface area contributed by atoms with Gasteiger partial charge in [-0.15, -0.1) is 0 Å². The molecule has 1 N–H and O–H groups in total. The van der Waals surface area contributed by atoms with Gasteiger partial charge in [-0.1, -0.05) is 23.8 Å². The number of carbonyl (C=O) groups excluding carboxylic acids is 1. The minimum Gasteiger partial charge on any atom is -0.339 e. The van der Waals surface area contributed by atoms with Crippen molar-refractivity contribution in [2.75, 3.05) is 20.1 Å². The molecule has 0 aliphatic carbocycles. The maximum atomic E-state index is 12.2. The van der Waals surface area contributed by atoms with E-state index in [1.165, 1.54) is 11.1 Å². The zero-order valence-electron chi connectivity index (χ0n) is 12.6. The molecule has 1 aromatic carbocycles. The minimum atomic E-state index is 0.0943. The van der Waals surface area contributed by atoms with E-state index in [1.807, 2.05) is 18.0 Å². The SMILES string of the molecule is Cc1ccc(/C=C/C(=O)N(C)C2CCNCC2)c(C)c1. The molecule has 1 aliphatic rings. The van der Waals surface area contributed by atoms with Gasteiger partial charge in [-0.05, 0) is 57.0 Å². The Bertz CT molecular complexity index is 502. The number of nitrogens with one attached hydrogen (secondary N) is 1. The third kappa shape index (κ3) is 3.70. The van der Waals surface area contributed by atoms with Crippen LogP contribution in [0.1, 0.15) is 29.5 Å². The Morgan fingerprint density at radius 3 is 2.65 bits per heavy atom. The molecule has 3 heteroatoms. The Labute approximate surface area is 121 Å². The zero-order chi connectivity index (χ0) is 14.5. The molecular weight excluding hydrogens is 248 g/mol. The average Bonchev–Trinajstić information content (AvgIpc) is 2.46. The van der Waals surface area contributed by atoms with Crippen LogP contribution in [0.4, 0.5) is 0 Å². The van der Waals surface area contributed by atoms with Gasteiger partial charge in [0.25, 0.3) is 0 Å². The highest BCUT2D eigenvalue weighted by Crippen LogP contribution is 2.14. The molecule has 108 valence electrons. The van der Waals surface area contributed by atoms with Crippen LogP contribution >= 0.6 is 0 Å². The van der Waals surface area contributed by atoms with E-state index in [1.54, 1.807) is 6.08 Å². The number of benzene rings is 1. The largest absolute Gasteiger partial charge is 0.339 e. The molecule has 2 rings (SSSR count). The van der Waals surface area contributed by atoms with Crippen molar-refractivity contribution in [3.05, 3.63) is 41.0 Å². The number of likely N-dealkylation sites (N-methyl/N-ethyl adjacent to an activating group) is 1. The summed E-state index contributed by atoms with van der Waals surface area (Å²) < 4.78 is 0. The van der Waals surface area contributed by atoms with E-state index in [0.29, 0.717) is 6.04 Å². The van der Waals surface area contributed by atoms with E-state index in [4.69, 9.17) is 0 Å². The molecule has 0 saturated carbocycles. The number of hydrogen-bond acceptors (Lipinski definition) is 2. The standard InChI is InChI=1S/C17H24N2O/c1-13-4-5-15(14(2)12-13)6-7-17(20)19(3)16-8-10-18-11-9-16/h4-7,12,16,18H,8-11H2,1-3H3/b7-6+. The predicted octanol–water partition coefficient (Wildman–Crippen LogP) is 2.53. The summed E-state index contributed by atoms with van der Waals surface area (Å²) in [6, 6.07) is 6.65. The van der Waals surface area contributed by atoms with Crippen molar-refractivity contribution in [3.63, 3.8) is 0 Å². The van der Waals surface area contributed by atoms with E-state index in [0.717, 1.165) is 31.5 Å². The van der Waals surface area contributed by atoms with E-state index >= 15 is 0 Å². The summed E-state index contributed by atoms with van der Waals surface area (Å²) in [6.07, 6.45) is 5.70. The normalized spacial score (nSPS) is 16.6. The van der Waals surface area contributed by atoms with Gasteiger partial charge >= 0.3 is 0 Å². The van der Waals surface area contributed by atoms with E-state index < -0.39 is 0 Å². The van der Waals surface area contributed by atoms with Crippen LogP contribution in [0.25, 0.3) is 6.08 Å². The van der Waals surface area contributed by atoms with Gasteiger partial charge in [0, 0.05) is 19.2 Å². The fourth-order valence-electron chi connectivity index (χ4n) is 2.67. The second-order valence-electron chi connectivity index (χ2n) is 5.62. The van der Waals surface area contributed by atoms with Gasteiger partial charge in [0.05, 0.1) is 0 Å². The molecule has 1 heterocycles. The van der Waals surface area contributed by atoms with Gasteiger partial charge in [-0.3, -0.25) is 4.79 Å². The third-order valence-electron chi connectivity index (χ3n) is 4.03. The molecule has 1 aliphatic heterocycles. The number of carbonyl (C=O) groups is 1. The molecule has 0 unspecified atom stereocenters. The fraction of sp³-hybridized carbons (Fsp3) is 0.471. The van der Waals surface area contributed by atoms with Crippen LogP contribution in [-0.4, -0.2) is 37.0 Å². The molecule has 0 spiro atoms. The van der Waals surface area contributed by atoms with Crippen LogP contribution in [0.3, 0.4) is 0 Å². The number of amides is 1. The van der Waals surface area contributed by atoms with E-state index in [9.17, 15) is 4.79 Å². The van der Waals surface area contributed by atoms with Gasteiger partial charge < -0.3 is 10.2 Å². The topological polar surface area (TPSA) is 32.3 Å². The van der Waals surface area contributed by atoms with Gasteiger partial charge in [-0.25, -0.2) is 0 Å². The molecule has 1 saturated heterocycles. The minimum absolute atomic E-state index is 0.0943. The van der Waals surface area contributed by atoms with Crippen molar-refractivity contribution in [1.29, 1.82) is 0 Å². The van der Waals surface area contributed by atoms with Crippen molar-refractivity contribution >= 4 is 12.0 Å². The second kappa shape index (κ2) is 6.71. The summed E-state index contributed by atoms with van der Waals surface area (Å²) >= 11 is 0. The van der Waals surface area contributed by atoms with Crippen LogP contribution in [0.5, 0.6) is 0 Å². The molecule has 0 aromatic heterocycles.